The molecule has 1 amide bonds. The van der Waals surface area contributed by atoms with Gasteiger partial charge in [0.15, 0.2) is 0 Å². The summed E-state index contributed by atoms with van der Waals surface area (Å²) in [5, 5.41) is 21.7. The fourth-order valence-corrected chi connectivity index (χ4v) is 2.18. The number of amides is 1. The molecule has 4 N–H and O–H groups in total. The van der Waals surface area contributed by atoms with Gasteiger partial charge in [-0.05, 0) is 12.3 Å². The van der Waals surface area contributed by atoms with Crippen molar-refractivity contribution in [3.05, 3.63) is 35.4 Å². The number of rotatable bonds is 5. The van der Waals surface area contributed by atoms with Gasteiger partial charge in [-0.1, -0.05) is 18.6 Å². The summed E-state index contributed by atoms with van der Waals surface area (Å²) in [5.41, 5.74) is 0.550. The standard InChI is InChI=1S/C14H21N4O2.2Ag.H2N/c19-13(11-3-1-5-15-9-11)17-7-8-18-14(20)12-4-2-6-16-10-12;;;/h1,3,9,12,15H,2,4-8,10H2,(H,17,19)(H,18,20);;;1H2/q-1;2*+1;-1/p-1. The third kappa shape index (κ3) is 8.88. The van der Waals surface area contributed by atoms with E-state index in [0.717, 1.165) is 25.9 Å². The van der Waals surface area contributed by atoms with Crippen LogP contribution in [0.5, 0.6) is 0 Å². The van der Waals surface area contributed by atoms with E-state index in [4.69, 9.17) is 0 Å². The molecule has 1 saturated heterocycles. The van der Waals surface area contributed by atoms with Crippen LogP contribution in [0.4, 0.5) is 0 Å². The average molecular weight is 508 g/mol. The molecule has 0 radical (unpaired) electrons. The first kappa shape index (κ1) is 24.9. The largest absolute Gasteiger partial charge is 1.00 e. The summed E-state index contributed by atoms with van der Waals surface area (Å²) in [6, 6.07) is 0. The Labute approximate surface area is 168 Å². The molecule has 2 heterocycles. The minimum atomic E-state index is -0.254. The molecule has 23 heavy (non-hydrogen) atoms. The number of nitrogens with zero attached hydrogens (tertiary/aromatic N) is 2. The van der Waals surface area contributed by atoms with Crippen molar-refractivity contribution >= 4 is 11.8 Å². The summed E-state index contributed by atoms with van der Waals surface area (Å²) in [6.45, 7) is 2.92. The van der Waals surface area contributed by atoms with Crippen molar-refractivity contribution in [1.29, 1.82) is 0 Å². The molecule has 0 spiro atoms. The van der Waals surface area contributed by atoms with Crippen molar-refractivity contribution in [2.75, 3.05) is 32.7 Å². The Morgan fingerprint density at radius 3 is 2.87 bits per heavy atom. The van der Waals surface area contributed by atoms with Crippen LogP contribution in [0.1, 0.15) is 12.8 Å². The van der Waals surface area contributed by atoms with Crippen LogP contribution in [-0.4, -0.2) is 44.5 Å². The molecule has 0 saturated carbocycles. The number of hydrogen-bond donors (Lipinski definition) is 2. The Balaban J connectivity index is 0. The first-order chi connectivity index (χ1) is 9.77. The number of dihydropyridines is 1. The SMILES string of the molecule is O=C(NCCN=C([O-])C1=CNCC=C1)C1CCC[N-]C1.[Ag+].[Ag+].[NH2-]. The molecule has 138 valence electrons. The van der Waals surface area contributed by atoms with Crippen molar-refractivity contribution in [3.8, 4) is 0 Å². The maximum atomic E-state index is 11.8. The quantitative estimate of drug-likeness (QED) is 0.242. The summed E-state index contributed by atoms with van der Waals surface area (Å²) in [4.78, 5) is 15.7. The Morgan fingerprint density at radius 2 is 2.26 bits per heavy atom. The topological polar surface area (TPSA) is 124 Å². The van der Waals surface area contributed by atoms with Crippen molar-refractivity contribution in [1.82, 2.24) is 10.6 Å². The molecule has 7 nitrogen and oxygen atoms in total. The van der Waals surface area contributed by atoms with Crippen molar-refractivity contribution in [3.63, 3.8) is 0 Å². The van der Waals surface area contributed by atoms with Gasteiger partial charge in [-0.15, -0.1) is 13.1 Å². The summed E-state index contributed by atoms with van der Waals surface area (Å²) in [7, 11) is 0. The van der Waals surface area contributed by atoms with Gasteiger partial charge in [0, 0.05) is 30.8 Å². The summed E-state index contributed by atoms with van der Waals surface area (Å²) in [6.07, 6.45) is 7.17. The Kier molecular flexibility index (Phi) is 15.1. The maximum Gasteiger partial charge on any atom is 1.00 e. The number of carbonyl (C=O) groups is 1. The second-order valence-electron chi connectivity index (χ2n) is 4.86. The molecular weight excluding hydrogens is 486 g/mol. The van der Waals surface area contributed by atoms with Gasteiger partial charge in [0.25, 0.3) is 0 Å². The zero-order chi connectivity index (χ0) is 14.2. The fraction of sp³-hybridized carbons (Fsp3) is 0.571. The molecule has 2 rings (SSSR count). The van der Waals surface area contributed by atoms with E-state index in [0.29, 0.717) is 25.2 Å². The minimum Gasteiger partial charge on any atom is -0.858 e. The van der Waals surface area contributed by atoms with Gasteiger partial charge >= 0.3 is 44.8 Å². The van der Waals surface area contributed by atoms with Gasteiger partial charge in [0.1, 0.15) is 0 Å². The summed E-state index contributed by atoms with van der Waals surface area (Å²) >= 11 is 0. The minimum absolute atomic E-state index is 0. The third-order valence-corrected chi connectivity index (χ3v) is 3.29. The average Bonchev–Trinajstić information content (AvgIpc) is 2.53. The van der Waals surface area contributed by atoms with Crippen LogP contribution in [0.15, 0.2) is 28.9 Å². The summed E-state index contributed by atoms with van der Waals surface area (Å²) < 4.78 is 0. The van der Waals surface area contributed by atoms with Crippen molar-refractivity contribution in [2.45, 2.75) is 12.8 Å². The molecule has 9 heteroatoms. The van der Waals surface area contributed by atoms with Gasteiger partial charge in [-0.3, -0.25) is 9.79 Å². The van der Waals surface area contributed by atoms with Crippen molar-refractivity contribution < 1.29 is 54.7 Å². The molecular formula is C14H22Ag2N5O2-. The van der Waals surface area contributed by atoms with E-state index in [2.05, 4.69) is 20.9 Å². The van der Waals surface area contributed by atoms with E-state index in [9.17, 15) is 9.90 Å². The van der Waals surface area contributed by atoms with Crippen LogP contribution < -0.4 is 15.7 Å². The molecule has 1 fully saturated rings. The van der Waals surface area contributed by atoms with Crippen LogP contribution in [0.3, 0.4) is 0 Å². The molecule has 0 aliphatic carbocycles. The van der Waals surface area contributed by atoms with Gasteiger partial charge in [-0.2, -0.15) is 0 Å². The predicted octanol–water partition coefficient (Wildman–Crippen LogP) is 0.401. The number of nitrogens with two attached hydrogens (primary N) is 1. The van der Waals surface area contributed by atoms with Crippen LogP contribution in [0.25, 0.3) is 11.5 Å². The molecule has 1 unspecified atom stereocenters. The third-order valence-electron chi connectivity index (χ3n) is 3.29. The number of aliphatic imine (C=N–C) groups is 1. The number of hydrogen-bond acceptors (Lipinski definition) is 4. The van der Waals surface area contributed by atoms with E-state index in [1.807, 2.05) is 6.08 Å². The normalized spacial score (nSPS) is 19.9. The number of piperidine rings is 1. The molecule has 1 atom stereocenters. The van der Waals surface area contributed by atoms with Crippen LogP contribution in [0.2, 0.25) is 0 Å². The van der Waals surface area contributed by atoms with Gasteiger partial charge in [-0.25, -0.2) is 0 Å². The van der Waals surface area contributed by atoms with Crippen LogP contribution >= 0.6 is 0 Å². The van der Waals surface area contributed by atoms with E-state index < -0.39 is 0 Å². The van der Waals surface area contributed by atoms with Crippen molar-refractivity contribution in [2.24, 2.45) is 10.9 Å². The second-order valence-corrected chi connectivity index (χ2v) is 4.86. The summed E-state index contributed by atoms with van der Waals surface area (Å²) in [5.74, 6) is -0.238. The number of nitrogens with one attached hydrogen (secondary N) is 2. The molecule has 2 aliphatic heterocycles. The molecule has 0 aromatic carbocycles. The van der Waals surface area contributed by atoms with E-state index in [-0.39, 0.29) is 68.6 Å². The fourth-order valence-electron chi connectivity index (χ4n) is 2.18. The van der Waals surface area contributed by atoms with Crippen LogP contribution in [0, 0.1) is 5.92 Å². The van der Waals surface area contributed by atoms with Gasteiger partial charge in [0.2, 0.25) is 5.91 Å². The first-order valence-electron chi connectivity index (χ1n) is 7.00. The molecule has 0 bridgehead atoms. The monoisotopic (exact) mass is 506 g/mol. The molecule has 2 aliphatic rings. The Bertz CT molecular complexity index is 435. The van der Waals surface area contributed by atoms with E-state index in [1.165, 1.54) is 0 Å². The molecule has 0 aromatic heterocycles. The van der Waals surface area contributed by atoms with E-state index in [1.54, 1.807) is 12.3 Å². The number of carbonyl (C=O) groups excluding carboxylic acids is 1. The zero-order valence-corrected chi connectivity index (χ0v) is 15.6. The maximum absolute atomic E-state index is 11.8. The second kappa shape index (κ2) is 14.0. The first-order valence-corrected chi connectivity index (χ1v) is 7.00. The van der Waals surface area contributed by atoms with E-state index >= 15 is 0 Å². The van der Waals surface area contributed by atoms with Gasteiger partial charge in [0.05, 0.1) is 6.54 Å². The molecule has 0 aromatic rings. The van der Waals surface area contributed by atoms with Crippen LogP contribution in [-0.2, 0) is 49.6 Å². The smallest absolute Gasteiger partial charge is 0.858 e. The predicted molar refractivity (Wildman–Crippen MR) is 81.6 cm³/mol. The Hall–Kier alpha value is -0.379. The Morgan fingerprint density at radius 1 is 1.48 bits per heavy atom. The van der Waals surface area contributed by atoms with Gasteiger partial charge < -0.3 is 27.2 Å². The zero-order valence-electron chi connectivity index (χ0n) is 12.7.